The highest BCUT2D eigenvalue weighted by Gasteiger charge is 2.27. The van der Waals surface area contributed by atoms with Crippen molar-refractivity contribution in [2.24, 2.45) is 0 Å². The molecule has 2 N–H and O–H groups in total. The number of carbonyl (C=O) groups is 1. The number of rotatable bonds is 8. The van der Waals surface area contributed by atoms with Crippen LogP contribution in [0.25, 0.3) is 6.08 Å². The number of halogens is 1. The Kier molecular flexibility index (Phi) is 7.85. The minimum Gasteiger partial charge on any atom is -0.493 e. The van der Waals surface area contributed by atoms with Gasteiger partial charge < -0.3 is 20.1 Å². The Morgan fingerprint density at radius 2 is 1.88 bits per heavy atom. The average molecular weight is 539 g/mol. The molecule has 1 fully saturated rings. The van der Waals surface area contributed by atoms with E-state index in [2.05, 4.69) is 64.7 Å². The molecule has 1 heterocycles. The van der Waals surface area contributed by atoms with E-state index in [1.54, 1.807) is 7.11 Å². The second-order valence-electron chi connectivity index (χ2n) is 7.98. The van der Waals surface area contributed by atoms with Gasteiger partial charge in [0.2, 0.25) is 0 Å². The van der Waals surface area contributed by atoms with Crippen LogP contribution in [-0.4, -0.2) is 18.5 Å². The van der Waals surface area contributed by atoms with Crippen molar-refractivity contribution in [2.45, 2.75) is 32.4 Å². The normalized spacial score (nSPS) is 16.4. The van der Waals surface area contributed by atoms with E-state index in [-0.39, 0.29) is 11.4 Å². The maximum absolute atomic E-state index is 12.6. The Labute approximate surface area is 213 Å². The first-order chi connectivity index (χ1) is 16.4. The summed E-state index contributed by atoms with van der Waals surface area (Å²) < 4.78 is 12.4. The molecule has 7 heteroatoms. The Balaban J connectivity index is 1.47. The Morgan fingerprint density at radius 1 is 1.09 bits per heavy atom. The van der Waals surface area contributed by atoms with Gasteiger partial charge in [0.05, 0.1) is 12.0 Å². The van der Waals surface area contributed by atoms with Crippen molar-refractivity contribution in [2.75, 3.05) is 12.4 Å². The van der Waals surface area contributed by atoms with Crippen LogP contribution in [0.15, 0.2) is 70.0 Å². The summed E-state index contributed by atoms with van der Waals surface area (Å²) in [5, 5.41) is 6.33. The molecule has 34 heavy (non-hydrogen) atoms. The summed E-state index contributed by atoms with van der Waals surface area (Å²) in [6.45, 7) is 4.63. The van der Waals surface area contributed by atoms with Gasteiger partial charge in [0.15, 0.2) is 17.0 Å². The maximum Gasteiger partial charge on any atom is 0.260 e. The standard InChI is InChI=1S/C27H27BrN2O3S/c1-4-18-8-10-21(11-9-18)29-27-30-26(31)25(34-27)14-20-13-23(32-3)24(15-22(20)28)33-16-19-7-5-6-17(2)12-19/h5-15,27,29H,4,16H2,1-3H3,(H,30,31)/b25-14-/t27-/m0/s1. The topological polar surface area (TPSA) is 59.6 Å². The first-order valence-corrected chi connectivity index (χ1v) is 12.7. The molecule has 5 nitrogen and oxygen atoms in total. The highest BCUT2D eigenvalue weighted by atomic mass is 79.9. The van der Waals surface area contributed by atoms with Crippen molar-refractivity contribution < 1.29 is 14.3 Å². The Morgan fingerprint density at radius 3 is 2.59 bits per heavy atom. The van der Waals surface area contributed by atoms with Gasteiger partial charge in [0.1, 0.15) is 6.61 Å². The van der Waals surface area contributed by atoms with Crippen LogP contribution in [0, 0.1) is 6.92 Å². The summed E-state index contributed by atoms with van der Waals surface area (Å²) in [6.07, 6.45) is 2.86. The highest BCUT2D eigenvalue weighted by molar-refractivity contribution is 9.10. The zero-order valence-electron chi connectivity index (χ0n) is 19.4. The van der Waals surface area contributed by atoms with Crippen LogP contribution in [-0.2, 0) is 17.8 Å². The third-order valence-corrected chi connectivity index (χ3v) is 7.15. The fraction of sp³-hybridized carbons (Fsp3) is 0.222. The summed E-state index contributed by atoms with van der Waals surface area (Å²) in [7, 11) is 1.61. The van der Waals surface area contributed by atoms with Crippen molar-refractivity contribution in [1.29, 1.82) is 0 Å². The average Bonchev–Trinajstić information content (AvgIpc) is 3.18. The van der Waals surface area contributed by atoms with Crippen LogP contribution in [0.3, 0.4) is 0 Å². The van der Waals surface area contributed by atoms with E-state index in [4.69, 9.17) is 9.47 Å². The quantitative estimate of drug-likeness (QED) is 0.320. The van der Waals surface area contributed by atoms with Gasteiger partial charge in [-0.2, -0.15) is 0 Å². The predicted molar refractivity (Wildman–Crippen MR) is 143 cm³/mol. The minimum absolute atomic E-state index is 0.113. The van der Waals surface area contributed by atoms with Crippen molar-refractivity contribution in [1.82, 2.24) is 5.32 Å². The maximum atomic E-state index is 12.6. The number of ether oxygens (including phenoxy) is 2. The van der Waals surface area contributed by atoms with E-state index in [1.807, 2.05) is 42.5 Å². The number of hydrogen-bond acceptors (Lipinski definition) is 5. The molecule has 0 bridgehead atoms. The van der Waals surface area contributed by atoms with Crippen molar-refractivity contribution in [3.63, 3.8) is 0 Å². The third-order valence-electron chi connectivity index (χ3n) is 5.44. The van der Waals surface area contributed by atoms with Crippen molar-refractivity contribution in [3.05, 3.63) is 92.3 Å². The smallest absolute Gasteiger partial charge is 0.260 e. The zero-order valence-corrected chi connectivity index (χ0v) is 21.8. The largest absolute Gasteiger partial charge is 0.493 e. The number of amides is 1. The summed E-state index contributed by atoms with van der Waals surface area (Å²) in [6, 6.07) is 20.2. The summed E-state index contributed by atoms with van der Waals surface area (Å²) >= 11 is 5.07. The van der Waals surface area contributed by atoms with Gasteiger partial charge in [-0.25, -0.2) is 0 Å². The zero-order chi connectivity index (χ0) is 24.1. The van der Waals surface area contributed by atoms with Crippen LogP contribution >= 0.6 is 27.7 Å². The molecule has 0 saturated carbocycles. The van der Waals surface area contributed by atoms with E-state index in [0.717, 1.165) is 27.7 Å². The van der Waals surface area contributed by atoms with Gasteiger partial charge in [-0.3, -0.25) is 4.79 Å². The number of nitrogens with one attached hydrogen (secondary N) is 2. The number of thioether (sulfide) groups is 1. The third kappa shape index (κ3) is 5.96. The summed E-state index contributed by atoms with van der Waals surface area (Å²) in [5.74, 6) is 1.13. The molecule has 0 spiro atoms. The molecule has 0 radical (unpaired) electrons. The van der Waals surface area contributed by atoms with Gasteiger partial charge >= 0.3 is 0 Å². The second kappa shape index (κ2) is 11.0. The molecule has 0 aromatic heterocycles. The second-order valence-corrected chi connectivity index (χ2v) is 9.98. The van der Waals surface area contributed by atoms with Gasteiger partial charge in [0, 0.05) is 10.2 Å². The van der Waals surface area contributed by atoms with E-state index >= 15 is 0 Å². The molecule has 176 valence electrons. The first-order valence-electron chi connectivity index (χ1n) is 11.1. The van der Waals surface area contributed by atoms with Crippen molar-refractivity contribution in [3.8, 4) is 11.5 Å². The van der Waals surface area contributed by atoms with Gasteiger partial charge in [-0.1, -0.05) is 76.6 Å². The first kappa shape index (κ1) is 24.2. The summed E-state index contributed by atoms with van der Waals surface area (Å²) in [4.78, 5) is 13.2. The Bertz CT molecular complexity index is 1210. The molecule has 1 atom stereocenters. The van der Waals surface area contributed by atoms with Gasteiger partial charge in [0.25, 0.3) is 5.91 Å². The fourth-order valence-electron chi connectivity index (χ4n) is 3.59. The number of hydrogen-bond donors (Lipinski definition) is 2. The molecular formula is C27H27BrN2O3S. The van der Waals surface area contributed by atoms with Crippen LogP contribution < -0.4 is 20.1 Å². The van der Waals surface area contributed by atoms with Crippen LogP contribution in [0.4, 0.5) is 5.69 Å². The number of methoxy groups -OCH3 is 1. The van der Waals surface area contributed by atoms with E-state index in [1.165, 1.54) is 22.9 Å². The molecule has 0 aliphatic carbocycles. The van der Waals surface area contributed by atoms with Crippen molar-refractivity contribution >= 4 is 45.4 Å². The molecular weight excluding hydrogens is 512 g/mol. The molecule has 3 aromatic rings. The fourth-order valence-corrected chi connectivity index (χ4v) is 5.00. The lowest BCUT2D eigenvalue weighted by atomic mass is 10.1. The van der Waals surface area contributed by atoms with Gasteiger partial charge in [-0.15, -0.1) is 0 Å². The molecule has 3 aromatic carbocycles. The number of aryl methyl sites for hydroxylation is 2. The lowest BCUT2D eigenvalue weighted by Gasteiger charge is -2.13. The molecule has 1 aliphatic rings. The number of benzene rings is 3. The summed E-state index contributed by atoms with van der Waals surface area (Å²) in [5.41, 5.74) is 5.13. The molecule has 0 unspecified atom stereocenters. The number of carbonyl (C=O) groups excluding carboxylic acids is 1. The van der Waals surface area contributed by atoms with E-state index in [9.17, 15) is 4.79 Å². The SMILES string of the molecule is CCc1ccc(N[C@H]2NC(=O)/C(=C/c3cc(OC)c(OCc4cccc(C)c4)cc3Br)S2)cc1. The van der Waals surface area contributed by atoms with Crippen LogP contribution in [0.1, 0.15) is 29.2 Å². The van der Waals surface area contributed by atoms with Crippen LogP contribution in [0.2, 0.25) is 0 Å². The number of anilines is 1. The minimum atomic E-state index is -0.233. The Hall–Kier alpha value is -2.90. The highest BCUT2D eigenvalue weighted by Crippen LogP contribution is 2.37. The molecule has 1 aliphatic heterocycles. The molecule has 1 amide bonds. The lowest BCUT2D eigenvalue weighted by molar-refractivity contribution is -0.116. The van der Waals surface area contributed by atoms with E-state index < -0.39 is 0 Å². The lowest BCUT2D eigenvalue weighted by Crippen LogP contribution is -2.30. The molecule has 4 rings (SSSR count). The predicted octanol–water partition coefficient (Wildman–Crippen LogP) is 6.51. The molecule has 1 saturated heterocycles. The van der Waals surface area contributed by atoms with Gasteiger partial charge in [-0.05, 0) is 60.4 Å². The van der Waals surface area contributed by atoms with E-state index in [0.29, 0.717) is 23.0 Å². The monoisotopic (exact) mass is 538 g/mol. The van der Waals surface area contributed by atoms with Crippen LogP contribution in [0.5, 0.6) is 11.5 Å².